The maximum atomic E-state index is 10.8. The minimum Gasteiger partial charge on any atom is -0.490 e. The van der Waals surface area contributed by atoms with Gasteiger partial charge in [-0.05, 0) is 44.8 Å². The van der Waals surface area contributed by atoms with E-state index in [1.165, 1.54) is 12.8 Å². The minimum absolute atomic E-state index is 0.0573. The Balaban J connectivity index is 1.79. The number of piperidine rings is 1. The number of hydrogen-bond acceptors (Lipinski definition) is 4. The average Bonchev–Trinajstić information content (AvgIpc) is 2.50. The number of ether oxygens (including phenoxy) is 2. The lowest BCUT2D eigenvalue weighted by Crippen LogP contribution is -2.49. The average molecular weight is 291 g/mol. The molecule has 1 N–H and O–H groups in total. The van der Waals surface area contributed by atoms with E-state index in [1.807, 2.05) is 25.1 Å². The molecule has 1 aromatic carbocycles. The molecule has 1 aromatic rings. The Morgan fingerprint density at radius 2 is 2.10 bits per heavy atom. The zero-order valence-electron chi connectivity index (χ0n) is 12.9. The summed E-state index contributed by atoms with van der Waals surface area (Å²) in [5.74, 6) is 2.24. The molecular weight excluding hydrogens is 266 g/mol. The Hall–Kier alpha value is -1.26. The molecule has 0 amide bonds. The molecule has 1 fully saturated rings. The first-order valence-electron chi connectivity index (χ1n) is 8.01. The highest BCUT2D eigenvalue weighted by Gasteiger charge is 2.36. The van der Waals surface area contributed by atoms with Crippen molar-refractivity contribution in [3.8, 4) is 11.5 Å². The quantitative estimate of drug-likeness (QED) is 0.929. The SMILES string of the molecule is CCOc1cccc2c1OCC(N1CCC(C)CC1)C2O. The van der Waals surface area contributed by atoms with Crippen molar-refractivity contribution in [3.05, 3.63) is 23.8 Å². The van der Waals surface area contributed by atoms with Crippen molar-refractivity contribution in [1.29, 1.82) is 0 Å². The van der Waals surface area contributed by atoms with Gasteiger partial charge in [-0.2, -0.15) is 0 Å². The van der Waals surface area contributed by atoms with Gasteiger partial charge in [-0.25, -0.2) is 0 Å². The van der Waals surface area contributed by atoms with Crippen molar-refractivity contribution in [1.82, 2.24) is 4.90 Å². The molecule has 2 unspecified atom stereocenters. The smallest absolute Gasteiger partial charge is 0.167 e. The van der Waals surface area contributed by atoms with Crippen LogP contribution in [-0.4, -0.2) is 42.4 Å². The van der Waals surface area contributed by atoms with E-state index in [-0.39, 0.29) is 6.04 Å². The topological polar surface area (TPSA) is 41.9 Å². The number of para-hydroxylation sites is 1. The predicted octanol–water partition coefficient (Wildman–Crippen LogP) is 2.61. The fourth-order valence-electron chi connectivity index (χ4n) is 3.32. The Kier molecular flexibility index (Phi) is 4.36. The summed E-state index contributed by atoms with van der Waals surface area (Å²) in [6.07, 6.45) is 1.91. The number of fused-ring (bicyclic) bond motifs is 1. The van der Waals surface area contributed by atoms with Crippen molar-refractivity contribution in [2.45, 2.75) is 38.8 Å². The summed E-state index contributed by atoms with van der Waals surface area (Å²) in [6, 6.07) is 5.83. The number of nitrogens with zero attached hydrogens (tertiary/aromatic N) is 1. The zero-order valence-corrected chi connectivity index (χ0v) is 12.9. The lowest BCUT2D eigenvalue weighted by atomic mass is 9.93. The molecule has 0 saturated carbocycles. The molecule has 0 aliphatic carbocycles. The maximum Gasteiger partial charge on any atom is 0.167 e. The molecule has 0 aromatic heterocycles. The molecule has 2 aliphatic rings. The largest absolute Gasteiger partial charge is 0.490 e. The van der Waals surface area contributed by atoms with Crippen molar-refractivity contribution < 1.29 is 14.6 Å². The molecular formula is C17H25NO3. The zero-order chi connectivity index (χ0) is 14.8. The van der Waals surface area contributed by atoms with Gasteiger partial charge in [-0.1, -0.05) is 19.1 Å². The molecule has 21 heavy (non-hydrogen) atoms. The van der Waals surface area contributed by atoms with Crippen LogP contribution in [0.2, 0.25) is 0 Å². The molecule has 4 heteroatoms. The van der Waals surface area contributed by atoms with E-state index in [0.717, 1.165) is 30.3 Å². The Labute approximate surface area is 126 Å². The summed E-state index contributed by atoms with van der Waals surface area (Å²) in [6.45, 7) is 7.49. The summed E-state index contributed by atoms with van der Waals surface area (Å²) in [5, 5.41) is 10.8. The highest BCUT2D eigenvalue weighted by atomic mass is 16.5. The minimum atomic E-state index is -0.498. The number of aliphatic hydroxyl groups is 1. The summed E-state index contributed by atoms with van der Waals surface area (Å²) in [5.41, 5.74) is 0.857. The summed E-state index contributed by atoms with van der Waals surface area (Å²) in [7, 11) is 0. The standard InChI is InChI=1S/C17H25NO3/c1-3-20-15-6-4-5-13-16(19)14(11-21-17(13)15)18-9-7-12(2)8-10-18/h4-6,12,14,16,19H,3,7-11H2,1-2H3. The van der Waals surface area contributed by atoms with Gasteiger partial charge in [-0.3, -0.25) is 4.90 Å². The number of aliphatic hydroxyl groups excluding tert-OH is 1. The fraction of sp³-hybridized carbons (Fsp3) is 0.647. The highest BCUT2D eigenvalue weighted by molar-refractivity contribution is 5.49. The summed E-state index contributed by atoms with van der Waals surface area (Å²) < 4.78 is 11.5. The van der Waals surface area contributed by atoms with Gasteiger partial charge < -0.3 is 14.6 Å². The van der Waals surface area contributed by atoms with Crippen molar-refractivity contribution in [2.75, 3.05) is 26.3 Å². The molecule has 4 nitrogen and oxygen atoms in total. The van der Waals surface area contributed by atoms with E-state index in [2.05, 4.69) is 11.8 Å². The van der Waals surface area contributed by atoms with Crippen LogP contribution < -0.4 is 9.47 Å². The molecule has 1 saturated heterocycles. The fourth-order valence-corrected chi connectivity index (χ4v) is 3.32. The van der Waals surface area contributed by atoms with Crippen LogP contribution in [0.1, 0.15) is 38.4 Å². The van der Waals surface area contributed by atoms with Gasteiger partial charge in [0.1, 0.15) is 12.7 Å². The number of rotatable bonds is 3. The van der Waals surface area contributed by atoms with Crippen LogP contribution in [0, 0.1) is 5.92 Å². The van der Waals surface area contributed by atoms with Gasteiger partial charge in [0.15, 0.2) is 11.5 Å². The Bertz CT molecular complexity index is 483. The van der Waals surface area contributed by atoms with Gasteiger partial charge in [-0.15, -0.1) is 0 Å². The molecule has 0 spiro atoms. The van der Waals surface area contributed by atoms with Crippen LogP contribution in [0.25, 0.3) is 0 Å². The second-order valence-electron chi connectivity index (χ2n) is 6.15. The predicted molar refractivity (Wildman–Crippen MR) is 81.8 cm³/mol. The van der Waals surface area contributed by atoms with Crippen LogP contribution in [0.5, 0.6) is 11.5 Å². The molecule has 2 aliphatic heterocycles. The normalized spacial score (nSPS) is 27.0. The molecule has 2 heterocycles. The first-order valence-corrected chi connectivity index (χ1v) is 8.01. The third-order valence-electron chi connectivity index (χ3n) is 4.68. The lowest BCUT2D eigenvalue weighted by Gasteiger charge is -2.41. The second-order valence-corrected chi connectivity index (χ2v) is 6.15. The van der Waals surface area contributed by atoms with Gasteiger partial charge in [0.2, 0.25) is 0 Å². The molecule has 0 bridgehead atoms. The highest BCUT2D eigenvalue weighted by Crippen LogP contribution is 2.41. The molecule has 2 atom stereocenters. The van der Waals surface area contributed by atoms with Gasteiger partial charge in [0.05, 0.1) is 12.6 Å². The molecule has 0 radical (unpaired) electrons. The number of hydrogen-bond donors (Lipinski definition) is 1. The first-order chi connectivity index (χ1) is 10.2. The number of likely N-dealkylation sites (tertiary alicyclic amines) is 1. The van der Waals surface area contributed by atoms with E-state index < -0.39 is 6.10 Å². The van der Waals surface area contributed by atoms with Crippen molar-refractivity contribution >= 4 is 0 Å². The van der Waals surface area contributed by atoms with Crippen molar-refractivity contribution in [2.24, 2.45) is 5.92 Å². The molecule has 3 rings (SSSR count). The van der Waals surface area contributed by atoms with Gasteiger partial charge in [0.25, 0.3) is 0 Å². The van der Waals surface area contributed by atoms with Crippen LogP contribution in [0.3, 0.4) is 0 Å². The van der Waals surface area contributed by atoms with Crippen LogP contribution in [0.15, 0.2) is 18.2 Å². The Morgan fingerprint density at radius 1 is 1.33 bits per heavy atom. The first kappa shape index (κ1) is 14.7. The maximum absolute atomic E-state index is 10.8. The van der Waals surface area contributed by atoms with E-state index in [9.17, 15) is 5.11 Å². The summed E-state index contributed by atoms with van der Waals surface area (Å²) >= 11 is 0. The van der Waals surface area contributed by atoms with E-state index in [1.54, 1.807) is 0 Å². The monoisotopic (exact) mass is 291 g/mol. The van der Waals surface area contributed by atoms with Crippen LogP contribution >= 0.6 is 0 Å². The van der Waals surface area contributed by atoms with Crippen molar-refractivity contribution in [3.63, 3.8) is 0 Å². The van der Waals surface area contributed by atoms with Crippen LogP contribution in [0.4, 0.5) is 0 Å². The third kappa shape index (κ3) is 2.87. The Morgan fingerprint density at radius 3 is 2.81 bits per heavy atom. The summed E-state index contributed by atoms with van der Waals surface area (Å²) in [4.78, 5) is 2.38. The van der Waals surface area contributed by atoms with E-state index in [0.29, 0.717) is 19.0 Å². The lowest BCUT2D eigenvalue weighted by molar-refractivity contribution is -0.0108. The third-order valence-corrected chi connectivity index (χ3v) is 4.68. The van der Waals surface area contributed by atoms with E-state index in [4.69, 9.17) is 9.47 Å². The number of benzene rings is 1. The second kappa shape index (κ2) is 6.24. The molecule has 116 valence electrons. The van der Waals surface area contributed by atoms with E-state index >= 15 is 0 Å². The van der Waals surface area contributed by atoms with Gasteiger partial charge >= 0.3 is 0 Å². The van der Waals surface area contributed by atoms with Crippen LogP contribution in [-0.2, 0) is 0 Å². The van der Waals surface area contributed by atoms with Gasteiger partial charge in [0, 0.05) is 5.56 Å².